The Hall–Kier alpha value is -2.22. The van der Waals surface area contributed by atoms with Gasteiger partial charge in [-0.2, -0.15) is 0 Å². The number of halogens is 2. The molecule has 9 heteroatoms. The summed E-state index contributed by atoms with van der Waals surface area (Å²) in [5, 5.41) is 6.71. The third kappa shape index (κ3) is 6.74. The summed E-state index contributed by atoms with van der Waals surface area (Å²) in [5.41, 5.74) is 0.528. The fourth-order valence-electron chi connectivity index (χ4n) is 2.25. The fraction of sp³-hybridized carbons (Fsp3) is 0.263. The van der Waals surface area contributed by atoms with E-state index in [2.05, 4.69) is 10.6 Å². The highest BCUT2D eigenvalue weighted by Gasteiger charge is 2.12. The van der Waals surface area contributed by atoms with Gasteiger partial charge >= 0.3 is 0 Å². The third-order valence-corrected chi connectivity index (χ3v) is 4.36. The molecule has 0 aromatic heterocycles. The summed E-state index contributed by atoms with van der Waals surface area (Å²) in [6.07, 6.45) is 0.797. The molecule has 0 radical (unpaired) electrons. The molecule has 0 spiro atoms. The van der Waals surface area contributed by atoms with Crippen LogP contribution in [0.25, 0.3) is 0 Å². The summed E-state index contributed by atoms with van der Waals surface area (Å²) in [6.45, 7) is 0.400. The second-order valence-electron chi connectivity index (χ2n) is 5.60. The Balaban J connectivity index is 1.79. The molecule has 0 saturated carbocycles. The minimum atomic E-state index is -0.225. The van der Waals surface area contributed by atoms with E-state index in [0.29, 0.717) is 46.0 Å². The number of amides is 1. The number of hydrogen-bond donors (Lipinski definition) is 2. The minimum Gasteiger partial charge on any atom is -0.495 e. The normalized spacial score (nSPS) is 10.1. The summed E-state index contributed by atoms with van der Waals surface area (Å²) in [4.78, 5) is 12.0. The van der Waals surface area contributed by atoms with E-state index in [4.69, 9.17) is 49.6 Å². The van der Waals surface area contributed by atoms with Gasteiger partial charge in [-0.05, 0) is 42.9 Å². The van der Waals surface area contributed by atoms with E-state index in [-0.39, 0.29) is 17.4 Å². The van der Waals surface area contributed by atoms with Crippen molar-refractivity contribution in [2.45, 2.75) is 12.8 Å². The van der Waals surface area contributed by atoms with E-state index in [1.807, 2.05) is 0 Å². The van der Waals surface area contributed by atoms with Gasteiger partial charge in [-0.15, -0.1) is 0 Å². The average molecular weight is 443 g/mol. The van der Waals surface area contributed by atoms with Gasteiger partial charge in [0.05, 0.1) is 31.5 Å². The first kappa shape index (κ1) is 22.1. The number of anilines is 1. The SMILES string of the molecule is COc1cc(NC(=S)NC(=O)CCCOc2ccc(Cl)cc2)c(OC)cc1Cl. The van der Waals surface area contributed by atoms with Crippen LogP contribution in [0.4, 0.5) is 5.69 Å². The van der Waals surface area contributed by atoms with Crippen LogP contribution in [-0.2, 0) is 4.79 Å². The molecule has 2 aromatic rings. The molecule has 0 aliphatic carbocycles. The topological polar surface area (TPSA) is 68.8 Å². The average Bonchev–Trinajstić information content (AvgIpc) is 2.67. The maximum atomic E-state index is 12.0. The van der Waals surface area contributed by atoms with Crippen LogP contribution >= 0.6 is 35.4 Å². The molecule has 6 nitrogen and oxygen atoms in total. The first-order valence-electron chi connectivity index (χ1n) is 8.33. The molecule has 0 saturated heterocycles. The number of thiocarbonyl (C=S) groups is 1. The van der Waals surface area contributed by atoms with Crippen LogP contribution in [0.5, 0.6) is 17.2 Å². The second-order valence-corrected chi connectivity index (χ2v) is 6.85. The third-order valence-electron chi connectivity index (χ3n) is 3.61. The molecule has 0 aliphatic rings. The molecule has 2 rings (SSSR count). The number of carbonyl (C=O) groups is 1. The van der Waals surface area contributed by atoms with Crippen LogP contribution in [0.2, 0.25) is 10.0 Å². The smallest absolute Gasteiger partial charge is 0.226 e. The van der Waals surface area contributed by atoms with E-state index in [1.165, 1.54) is 14.2 Å². The molecule has 0 fully saturated rings. The summed E-state index contributed by atoms with van der Waals surface area (Å²) in [7, 11) is 3.01. The molecule has 0 heterocycles. The molecule has 28 heavy (non-hydrogen) atoms. The van der Waals surface area contributed by atoms with Gasteiger partial charge in [-0.25, -0.2) is 0 Å². The molecule has 0 bridgehead atoms. The van der Waals surface area contributed by atoms with Crippen molar-refractivity contribution in [3.63, 3.8) is 0 Å². The fourth-order valence-corrected chi connectivity index (χ4v) is 2.83. The predicted molar refractivity (Wildman–Crippen MR) is 115 cm³/mol. The molecule has 150 valence electrons. The predicted octanol–water partition coefficient (Wildman–Crippen LogP) is 4.68. The molecule has 2 aromatic carbocycles. The summed E-state index contributed by atoms with van der Waals surface area (Å²) in [6, 6.07) is 10.3. The zero-order valence-corrected chi connectivity index (χ0v) is 17.7. The maximum absolute atomic E-state index is 12.0. The number of methoxy groups -OCH3 is 2. The molecule has 0 aliphatic heterocycles. The Kier molecular flexibility index (Phi) is 8.63. The van der Waals surface area contributed by atoms with Gasteiger partial charge in [0.15, 0.2) is 5.11 Å². The van der Waals surface area contributed by atoms with Crippen LogP contribution in [0.15, 0.2) is 36.4 Å². The second kappa shape index (κ2) is 10.9. The lowest BCUT2D eigenvalue weighted by atomic mass is 10.2. The first-order valence-corrected chi connectivity index (χ1v) is 9.50. The quantitative estimate of drug-likeness (QED) is 0.456. The number of benzene rings is 2. The lowest BCUT2D eigenvalue weighted by Gasteiger charge is -2.15. The highest BCUT2D eigenvalue weighted by Crippen LogP contribution is 2.35. The Labute approximate surface area is 179 Å². The summed E-state index contributed by atoms with van der Waals surface area (Å²) >= 11 is 17.1. The number of ether oxygens (including phenoxy) is 3. The number of carbonyl (C=O) groups excluding carboxylic acids is 1. The van der Waals surface area contributed by atoms with Crippen molar-refractivity contribution < 1.29 is 19.0 Å². The van der Waals surface area contributed by atoms with E-state index in [0.717, 1.165) is 0 Å². The monoisotopic (exact) mass is 442 g/mol. The number of nitrogens with one attached hydrogen (secondary N) is 2. The van der Waals surface area contributed by atoms with Crippen molar-refractivity contribution in [1.29, 1.82) is 0 Å². The van der Waals surface area contributed by atoms with Gasteiger partial charge in [0.25, 0.3) is 0 Å². The van der Waals surface area contributed by atoms with Gasteiger partial charge in [0.2, 0.25) is 5.91 Å². The van der Waals surface area contributed by atoms with E-state index in [9.17, 15) is 4.79 Å². The van der Waals surface area contributed by atoms with Crippen molar-refractivity contribution in [2.75, 3.05) is 26.1 Å². The van der Waals surface area contributed by atoms with Gasteiger partial charge in [0.1, 0.15) is 17.2 Å². The number of rotatable bonds is 8. The highest BCUT2D eigenvalue weighted by molar-refractivity contribution is 7.80. The highest BCUT2D eigenvalue weighted by atomic mass is 35.5. The Morgan fingerprint density at radius 1 is 1.07 bits per heavy atom. The van der Waals surface area contributed by atoms with Crippen molar-refractivity contribution in [1.82, 2.24) is 5.32 Å². The van der Waals surface area contributed by atoms with Crippen LogP contribution in [0.3, 0.4) is 0 Å². The molecule has 0 atom stereocenters. The molecular weight excluding hydrogens is 423 g/mol. The van der Waals surface area contributed by atoms with Crippen LogP contribution in [0.1, 0.15) is 12.8 Å². The number of hydrogen-bond acceptors (Lipinski definition) is 5. The molecule has 1 amide bonds. The summed E-state index contributed by atoms with van der Waals surface area (Å²) < 4.78 is 16.0. The minimum absolute atomic E-state index is 0.145. The molecule has 2 N–H and O–H groups in total. The zero-order chi connectivity index (χ0) is 20.5. The van der Waals surface area contributed by atoms with Crippen molar-refractivity contribution in [3.8, 4) is 17.2 Å². The van der Waals surface area contributed by atoms with Crippen molar-refractivity contribution in [2.24, 2.45) is 0 Å². The zero-order valence-electron chi connectivity index (χ0n) is 15.4. The largest absolute Gasteiger partial charge is 0.495 e. The lowest BCUT2D eigenvalue weighted by Crippen LogP contribution is -2.34. The van der Waals surface area contributed by atoms with Crippen LogP contribution < -0.4 is 24.8 Å². The standard InChI is InChI=1S/C19H20Cl2N2O4S/c1-25-16-11-15(17(26-2)10-14(16)21)22-19(28)23-18(24)4-3-9-27-13-7-5-12(20)6-8-13/h5-8,10-11H,3-4,9H2,1-2H3,(H2,22,23,24,28). The van der Waals surface area contributed by atoms with Gasteiger partial charge in [-0.1, -0.05) is 23.2 Å². The molecule has 0 unspecified atom stereocenters. The first-order chi connectivity index (χ1) is 13.4. The van der Waals surface area contributed by atoms with Crippen molar-refractivity contribution >= 4 is 52.1 Å². The van der Waals surface area contributed by atoms with Crippen LogP contribution in [0, 0.1) is 0 Å². The van der Waals surface area contributed by atoms with Crippen LogP contribution in [-0.4, -0.2) is 31.8 Å². The summed E-state index contributed by atoms with van der Waals surface area (Å²) in [5.74, 6) is 1.40. The van der Waals surface area contributed by atoms with Gasteiger partial charge < -0.3 is 24.8 Å². The van der Waals surface area contributed by atoms with Crippen molar-refractivity contribution in [3.05, 3.63) is 46.4 Å². The molecular formula is C19H20Cl2N2O4S. The van der Waals surface area contributed by atoms with E-state index in [1.54, 1.807) is 36.4 Å². The Bertz CT molecular complexity index is 831. The Morgan fingerprint density at radius 2 is 1.75 bits per heavy atom. The van der Waals surface area contributed by atoms with Gasteiger partial charge in [-0.3, -0.25) is 4.79 Å². The van der Waals surface area contributed by atoms with E-state index >= 15 is 0 Å². The van der Waals surface area contributed by atoms with E-state index < -0.39 is 0 Å². The lowest BCUT2D eigenvalue weighted by molar-refractivity contribution is -0.119. The Morgan fingerprint density at radius 3 is 2.39 bits per heavy atom. The van der Waals surface area contributed by atoms with Gasteiger partial charge in [0, 0.05) is 23.6 Å². The maximum Gasteiger partial charge on any atom is 0.226 e.